The number of esters is 2. The third-order valence-electron chi connectivity index (χ3n) is 5.44. The molecule has 0 aliphatic rings. The van der Waals surface area contributed by atoms with Crippen molar-refractivity contribution >= 4 is 33.5 Å². The maximum Gasteiger partial charge on any atom is 0.349 e. The van der Waals surface area contributed by atoms with Crippen molar-refractivity contribution in [2.45, 2.75) is 0 Å². The van der Waals surface area contributed by atoms with Gasteiger partial charge in [0.25, 0.3) is 0 Å². The van der Waals surface area contributed by atoms with Crippen molar-refractivity contribution in [3.8, 4) is 23.0 Å². The Bertz CT molecular complexity index is 1410. The maximum absolute atomic E-state index is 12.2. The van der Waals surface area contributed by atoms with E-state index in [1.165, 1.54) is 0 Å². The first-order chi connectivity index (χ1) is 17.6. The van der Waals surface area contributed by atoms with Crippen molar-refractivity contribution in [3.63, 3.8) is 0 Å². The maximum atomic E-state index is 12.2. The number of ether oxygens (including phenoxy) is 4. The van der Waals surface area contributed by atoms with Crippen molar-refractivity contribution in [1.82, 2.24) is 0 Å². The summed E-state index contributed by atoms with van der Waals surface area (Å²) in [6.07, 6.45) is 0. The molecular weight excluding hydrogens is 456 g/mol. The number of hydrogen-bond acceptors (Lipinski definition) is 6. The Labute approximate surface area is 207 Å². The average Bonchev–Trinajstić information content (AvgIpc) is 2.91. The molecular formula is C30H22O6. The van der Waals surface area contributed by atoms with Crippen LogP contribution < -0.4 is 18.9 Å². The predicted octanol–water partition coefficient (Wildman–Crippen LogP) is 5.96. The van der Waals surface area contributed by atoms with Crippen LogP contribution in [0.3, 0.4) is 0 Å². The molecule has 0 amide bonds. The van der Waals surface area contributed by atoms with Crippen molar-refractivity contribution < 1.29 is 28.5 Å². The highest BCUT2D eigenvalue weighted by molar-refractivity contribution is 5.85. The number of rotatable bonds is 8. The highest BCUT2D eigenvalue weighted by atomic mass is 16.6. The van der Waals surface area contributed by atoms with Gasteiger partial charge in [0.05, 0.1) is 0 Å². The molecule has 0 bridgehead atoms. The van der Waals surface area contributed by atoms with Crippen LogP contribution in [0.4, 0.5) is 0 Å². The minimum Gasteiger partial charge on any atom is -0.482 e. The molecule has 36 heavy (non-hydrogen) atoms. The molecule has 0 aromatic heterocycles. The number of fused-ring (bicyclic) bond motifs is 2. The summed E-state index contributed by atoms with van der Waals surface area (Å²) in [7, 11) is 0. The smallest absolute Gasteiger partial charge is 0.349 e. The first kappa shape index (κ1) is 22.9. The van der Waals surface area contributed by atoms with Crippen LogP contribution >= 0.6 is 0 Å². The molecule has 0 saturated heterocycles. The Hall–Kier alpha value is -4.84. The minimum absolute atomic E-state index is 0.245. The van der Waals surface area contributed by atoms with E-state index < -0.39 is 11.9 Å². The van der Waals surface area contributed by atoms with Gasteiger partial charge in [-0.15, -0.1) is 0 Å². The van der Waals surface area contributed by atoms with Crippen LogP contribution in [0.25, 0.3) is 21.5 Å². The minimum atomic E-state index is -0.512. The molecule has 0 unspecified atom stereocenters. The zero-order valence-corrected chi connectivity index (χ0v) is 19.3. The molecule has 5 aromatic rings. The van der Waals surface area contributed by atoms with E-state index >= 15 is 0 Å². The summed E-state index contributed by atoms with van der Waals surface area (Å²) < 4.78 is 21.7. The van der Waals surface area contributed by atoms with Crippen LogP contribution in [0.2, 0.25) is 0 Å². The number of carbonyl (C=O) groups excluding carboxylic acids is 2. The van der Waals surface area contributed by atoms with Gasteiger partial charge in [0.15, 0.2) is 13.2 Å². The molecule has 6 heteroatoms. The van der Waals surface area contributed by atoms with Crippen molar-refractivity contribution in [2.75, 3.05) is 13.2 Å². The molecule has 5 aromatic carbocycles. The van der Waals surface area contributed by atoms with Crippen molar-refractivity contribution in [1.29, 1.82) is 0 Å². The van der Waals surface area contributed by atoms with Gasteiger partial charge in [-0.3, -0.25) is 0 Å². The zero-order valence-electron chi connectivity index (χ0n) is 19.3. The Balaban J connectivity index is 1.08. The molecule has 0 aliphatic heterocycles. The van der Waals surface area contributed by atoms with Gasteiger partial charge < -0.3 is 18.9 Å². The van der Waals surface area contributed by atoms with Crippen molar-refractivity contribution in [3.05, 3.63) is 109 Å². The lowest BCUT2D eigenvalue weighted by atomic mass is 10.1. The second kappa shape index (κ2) is 10.6. The number of benzene rings is 5. The fraction of sp³-hybridized carbons (Fsp3) is 0.0667. The molecule has 5 rings (SSSR count). The third kappa shape index (κ3) is 5.80. The van der Waals surface area contributed by atoms with E-state index in [2.05, 4.69) is 0 Å². The van der Waals surface area contributed by atoms with Crippen LogP contribution in [0.15, 0.2) is 109 Å². The second-order valence-corrected chi connectivity index (χ2v) is 8.01. The molecule has 0 N–H and O–H groups in total. The highest BCUT2D eigenvalue weighted by Gasteiger charge is 2.09. The van der Waals surface area contributed by atoms with Gasteiger partial charge in [0.2, 0.25) is 0 Å². The fourth-order valence-corrected chi connectivity index (χ4v) is 3.70. The van der Waals surface area contributed by atoms with E-state index in [-0.39, 0.29) is 13.2 Å². The summed E-state index contributed by atoms with van der Waals surface area (Å²) in [4.78, 5) is 24.3. The molecule has 0 fully saturated rings. The Kier molecular flexibility index (Phi) is 6.76. The van der Waals surface area contributed by atoms with Gasteiger partial charge in [-0.1, -0.05) is 60.7 Å². The van der Waals surface area contributed by atoms with Gasteiger partial charge in [-0.05, 0) is 70.1 Å². The number of carbonyl (C=O) groups is 2. The lowest BCUT2D eigenvalue weighted by Gasteiger charge is -2.09. The van der Waals surface area contributed by atoms with Gasteiger partial charge >= 0.3 is 11.9 Å². The summed E-state index contributed by atoms with van der Waals surface area (Å²) in [6, 6.07) is 33.2. The average molecular weight is 479 g/mol. The molecule has 0 saturated carbocycles. The fourth-order valence-electron chi connectivity index (χ4n) is 3.70. The van der Waals surface area contributed by atoms with E-state index in [1.54, 1.807) is 36.4 Å². The summed E-state index contributed by atoms with van der Waals surface area (Å²) in [5.74, 6) is 0.834. The highest BCUT2D eigenvalue weighted by Crippen LogP contribution is 2.22. The summed E-state index contributed by atoms with van der Waals surface area (Å²) in [6.45, 7) is -0.490. The summed E-state index contributed by atoms with van der Waals surface area (Å²) in [5.41, 5.74) is 0. The standard InChI is InChI=1S/C30H22O6/c31-29(35-27-11-9-21-5-1-3-7-23(21)17-27)19-33-25-13-15-26(16-14-25)34-20-30(32)36-28-12-10-22-6-2-4-8-24(22)18-28/h1-18H,19-20H2. The van der Waals surface area contributed by atoms with Crippen LogP contribution in [-0.2, 0) is 9.59 Å². The first-order valence-electron chi connectivity index (χ1n) is 11.4. The van der Waals surface area contributed by atoms with Gasteiger partial charge in [-0.25, -0.2) is 9.59 Å². The SMILES string of the molecule is O=C(COc1ccc(OCC(=O)Oc2ccc3ccccc3c2)cc1)Oc1ccc2ccccc2c1. The van der Waals surface area contributed by atoms with E-state index in [0.717, 1.165) is 21.5 Å². The Morgan fingerprint density at radius 1 is 0.444 bits per heavy atom. The quantitative estimate of drug-likeness (QED) is 0.202. The first-order valence-corrected chi connectivity index (χ1v) is 11.4. The van der Waals surface area contributed by atoms with Crippen LogP contribution in [0.1, 0.15) is 0 Å². The molecule has 0 atom stereocenters. The van der Waals surface area contributed by atoms with Crippen LogP contribution in [-0.4, -0.2) is 25.2 Å². The topological polar surface area (TPSA) is 71.1 Å². The van der Waals surface area contributed by atoms with Crippen molar-refractivity contribution in [2.24, 2.45) is 0 Å². The zero-order chi connectivity index (χ0) is 24.7. The molecule has 0 aliphatic carbocycles. The molecule has 0 spiro atoms. The molecule has 0 radical (unpaired) electrons. The van der Waals surface area contributed by atoms with E-state index in [1.807, 2.05) is 72.8 Å². The summed E-state index contributed by atoms with van der Waals surface area (Å²) >= 11 is 0. The van der Waals surface area contributed by atoms with E-state index in [9.17, 15) is 9.59 Å². The normalized spacial score (nSPS) is 10.7. The van der Waals surface area contributed by atoms with Gasteiger partial charge in [0.1, 0.15) is 23.0 Å². The Morgan fingerprint density at radius 2 is 0.806 bits per heavy atom. The van der Waals surface area contributed by atoms with Gasteiger partial charge in [-0.2, -0.15) is 0 Å². The van der Waals surface area contributed by atoms with Crippen LogP contribution in [0, 0.1) is 0 Å². The third-order valence-corrected chi connectivity index (χ3v) is 5.44. The predicted molar refractivity (Wildman–Crippen MR) is 137 cm³/mol. The second-order valence-electron chi connectivity index (χ2n) is 8.01. The van der Waals surface area contributed by atoms with E-state index in [4.69, 9.17) is 18.9 Å². The van der Waals surface area contributed by atoms with Crippen LogP contribution in [0.5, 0.6) is 23.0 Å². The lowest BCUT2D eigenvalue weighted by Crippen LogP contribution is -2.18. The molecule has 178 valence electrons. The van der Waals surface area contributed by atoms with E-state index in [0.29, 0.717) is 23.0 Å². The summed E-state index contributed by atoms with van der Waals surface area (Å²) in [5, 5.41) is 4.11. The molecule has 6 nitrogen and oxygen atoms in total. The molecule has 0 heterocycles. The lowest BCUT2D eigenvalue weighted by molar-refractivity contribution is -0.137. The largest absolute Gasteiger partial charge is 0.482 e. The van der Waals surface area contributed by atoms with Gasteiger partial charge in [0, 0.05) is 0 Å². The number of hydrogen-bond donors (Lipinski definition) is 0. The monoisotopic (exact) mass is 478 g/mol. The Morgan fingerprint density at radius 3 is 1.22 bits per heavy atom.